The van der Waals surface area contributed by atoms with E-state index in [0.29, 0.717) is 16.8 Å². The van der Waals surface area contributed by atoms with Crippen LogP contribution in [0.1, 0.15) is 22.3 Å². The highest BCUT2D eigenvalue weighted by Gasteiger charge is 2.53. The molecule has 0 saturated heterocycles. The van der Waals surface area contributed by atoms with Gasteiger partial charge in [0.25, 0.3) is 0 Å². The van der Waals surface area contributed by atoms with Crippen LogP contribution in [0.4, 0.5) is 28.0 Å². The first-order chi connectivity index (χ1) is 16.1. The Morgan fingerprint density at radius 3 is 2.50 bits per heavy atom. The van der Waals surface area contributed by atoms with E-state index in [-0.39, 0.29) is 17.8 Å². The first kappa shape index (κ1) is 22.3. The van der Waals surface area contributed by atoms with Crippen LogP contribution in [-0.4, -0.2) is 27.5 Å². The number of benzene rings is 3. The van der Waals surface area contributed by atoms with Crippen molar-refractivity contribution in [3.63, 3.8) is 0 Å². The highest BCUT2D eigenvalue weighted by atomic mass is 32.2. The average molecular weight is 485 g/mol. The Morgan fingerprint density at radius 1 is 1.00 bits per heavy atom. The number of carbonyl (C=O) groups excluding carboxylic acids is 2. The molecule has 0 aliphatic carbocycles. The van der Waals surface area contributed by atoms with E-state index in [4.69, 9.17) is 0 Å². The number of alkyl halides is 3. The van der Waals surface area contributed by atoms with Crippen LogP contribution in [0.5, 0.6) is 0 Å². The molecule has 2 heterocycles. The summed E-state index contributed by atoms with van der Waals surface area (Å²) in [5.74, 6) is -1.09. The first-order valence-electron chi connectivity index (χ1n) is 10.4. The van der Waals surface area contributed by atoms with Crippen molar-refractivity contribution in [1.82, 2.24) is 0 Å². The minimum absolute atomic E-state index is 0.0720. The largest absolute Gasteiger partial charge is 0.506 e. The lowest BCUT2D eigenvalue weighted by Crippen LogP contribution is -2.55. The van der Waals surface area contributed by atoms with Crippen LogP contribution >= 0.6 is 11.8 Å². The molecule has 3 aromatic rings. The van der Waals surface area contributed by atoms with Crippen molar-refractivity contribution >= 4 is 35.1 Å². The third-order valence-corrected chi connectivity index (χ3v) is 7.09. The van der Waals surface area contributed by atoms with Crippen LogP contribution in [-0.2, 0) is 17.5 Å². The maximum absolute atomic E-state index is 14.3. The number of imide groups is 1. The molecule has 0 radical (unpaired) electrons. The Labute approximate surface area is 196 Å². The van der Waals surface area contributed by atoms with Gasteiger partial charge in [0.2, 0.25) is 0 Å². The average Bonchev–Trinajstić information content (AvgIpc) is 3.19. The summed E-state index contributed by atoms with van der Waals surface area (Å²) < 4.78 is 55.4. The van der Waals surface area contributed by atoms with Crippen molar-refractivity contribution in [3.05, 3.63) is 94.8 Å². The number of rotatable bonds is 3. The third kappa shape index (κ3) is 3.69. The van der Waals surface area contributed by atoms with Crippen LogP contribution in [0, 0.1) is 12.7 Å². The van der Waals surface area contributed by atoms with E-state index in [2.05, 4.69) is 0 Å². The maximum atomic E-state index is 14.3. The zero-order chi connectivity index (χ0) is 24.2. The highest BCUT2D eigenvalue weighted by Crippen LogP contribution is 2.41. The van der Waals surface area contributed by atoms with Gasteiger partial charge in [-0.3, -0.25) is 0 Å². The van der Waals surface area contributed by atoms with Crippen LogP contribution in [0.25, 0.3) is 0 Å². The molecule has 34 heavy (non-hydrogen) atoms. The summed E-state index contributed by atoms with van der Waals surface area (Å²) in [7, 11) is 0. The molecule has 0 N–H and O–H groups in total. The van der Waals surface area contributed by atoms with Gasteiger partial charge in [-0.15, -0.1) is 16.7 Å². The quantitative estimate of drug-likeness (QED) is 0.348. The molecule has 5 rings (SSSR count). The summed E-state index contributed by atoms with van der Waals surface area (Å²) in [5.41, 5.74) is 0.968. The Hall–Kier alpha value is -3.46. The van der Waals surface area contributed by atoms with E-state index in [0.717, 1.165) is 28.0 Å². The lowest BCUT2D eigenvalue weighted by molar-refractivity contribution is -0.444. The molecule has 0 saturated carbocycles. The third-order valence-electron chi connectivity index (χ3n) is 5.82. The number of urea groups is 1. The molecule has 0 bridgehead atoms. The van der Waals surface area contributed by atoms with Gasteiger partial charge in [-0.1, -0.05) is 30.3 Å². The van der Waals surface area contributed by atoms with Gasteiger partial charge in [-0.25, -0.2) is 9.18 Å². The molecule has 0 fully saturated rings. The maximum Gasteiger partial charge on any atom is 0.506 e. The van der Waals surface area contributed by atoms with Crippen molar-refractivity contribution in [2.45, 2.75) is 29.8 Å². The van der Waals surface area contributed by atoms with E-state index in [1.54, 1.807) is 25.1 Å². The van der Waals surface area contributed by atoms with Crippen molar-refractivity contribution < 1.29 is 31.7 Å². The van der Waals surface area contributed by atoms with Crippen LogP contribution < -0.4 is 4.90 Å². The van der Waals surface area contributed by atoms with Gasteiger partial charge in [0.15, 0.2) is 5.25 Å². The Balaban J connectivity index is 1.66. The molecule has 2 aliphatic heterocycles. The van der Waals surface area contributed by atoms with E-state index < -0.39 is 34.7 Å². The normalized spacial score (nSPS) is 17.8. The molecule has 0 aromatic heterocycles. The summed E-state index contributed by atoms with van der Waals surface area (Å²) >= 11 is 1.26. The van der Waals surface area contributed by atoms with Crippen molar-refractivity contribution in [2.24, 2.45) is 0 Å². The number of amides is 3. The minimum Gasteiger partial charge on any atom is -0.244 e. The van der Waals surface area contributed by atoms with Crippen LogP contribution in [0.15, 0.2) is 71.6 Å². The number of nitrogens with zero attached hydrogens (tertiary/aromatic N) is 2. The van der Waals surface area contributed by atoms with Crippen molar-refractivity contribution in [3.8, 4) is 0 Å². The van der Waals surface area contributed by atoms with Gasteiger partial charge in [-0.2, -0.15) is 22.5 Å². The zero-order valence-corrected chi connectivity index (χ0v) is 18.6. The van der Waals surface area contributed by atoms with Crippen LogP contribution in [0.2, 0.25) is 0 Å². The second-order valence-corrected chi connectivity index (χ2v) is 9.20. The zero-order valence-electron chi connectivity index (χ0n) is 17.8. The van der Waals surface area contributed by atoms with E-state index >= 15 is 0 Å². The lowest BCUT2D eigenvalue weighted by atomic mass is 10.0. The summed E-state index contributed by atoms with van der Waals surface area (Å²) in [4.78, 5) is 28.8. The van der Waals surface area contributed by atoms with E-state index in [1.807, 2.05) is 6.07 Å². The fourth-order valence-electron chi connectivity index (χ4n) is 4.13. The van der Waals surface area contributed by atoms with Crippen LogP contribution in [0.3, 0.4) is 0 Å². The number of halogens is 4. The Morgan fingerprint density at radius 2 is 1.76 bits per heavy atom. The lowest BCUT2D eigenvalue weighted by Gasteiger charge is -2.24. The van der Waals surface area contributed by atoms with Gasteiger partial charge < -0.3 is 0 Å². The molecular formula is C25H17F4N2O2S+. The van der Waals surface area contributed by atoms with Gasteiger partial charge in [0.05, 0.1) is 5.56 Å². The van der Waals surface area contributed by atoms with E-state index in [1.165, 1.54) is 40.6 Å². The number of fused-ring (bicyclic) bond motifs is 3. The number of hydrogen-bond acceptors (Lipinski definition) is 3. The summed E-state index contributed by atoms with van der Waals surface area (Å²) in [5, 5.41) is -0.787. The molecule has 0 spiro atoms. The molecule has 1 atom stereocenters. The number of anilines is 1. The van der Waals surface area contributed by atoms with Gasteiger partial charge >= 0.3 is 18.1 Å². The monoisotopic (exact) mass is 485 g/mol. The van der Waals surface area contributed by atoms with Crippen molar-refractivity contribution in [2.75, 3.05) is 4.90 Å². The molecule has 3 amide bonds. The number of thioether (sulfide) groups is 1. The molecule has 4 nitrogen and oxygen atoms in total. The molecule has 3 aromatic carbocycles. The highest BCUT2D eigenvalue weighted by molar-refractivity contribution is 8.02. The first-order valence-corrected chi connectivity index (χ1v) is 11.2. The number of aryl methyl sites for hydroxylation is 1. The topological polar surface area (TPSA) is 40.4 Å². The predicted octanol–water partition coefficient (Wildman–Crippen LogP) is 5.80. The smallest absolute Gasteiger partial charge is 0.244 e. The Bertz CT molecular complexity index is 1380. The summed E-state index contributed by atoms with van der Waals surface area (Å²) in [6, 6.07) is 15.2. The SMILES string of the molecule is Cc1ccc(N2C(=O)C3Sc4ccccc4C3=[N+](Cc3cccc(C(F)(F)F)c3)C2=O)cc1F. The second kappa shape index (κ2) is 8.09. The number of hydrogen-bond donors (Lipinski definition) is 0. The molecule has 9 heteroatoms. The van der Waals surface area contributed by atoms with Gasteiger partial charge in [0, 0.05) is 16.5 Å². The second-order valence-electron chi connectivity index (χ2n) is 8.05. The molecule has 2 aliphatic rings. The fourth-order valence-corrected chi connectivity index (χ4v) is 5.42. The minimum atomic E-state index is -4.53. The fraction of sp³-hybridized carbons (Fsp3) is 0.160. The predicted molar refractivity (Wildman–Crippen MR) is 120 cm³/mol. The van der Waals surface area contributed by atoms with E-state index in [9.17, 15) is 27.2 Å². The summed E-state index contributed by atoms with van der Waals surface area (Å²) in [6.07, 6.45) is -4.53. The Kier molecular flexibility index (Phi) is 5.31. The molecular weight excluding hydrogens is 468 g/mol. The molecule has 172 valence electrons. The molecule has 1 unspecified atom stereocenters. The van der Waals surface area contributed by atoms with Crippen molar-refractivity contribution in [1.29, 1.82) is 0 Å². The van der Waals surface area contributed by atoms with Gasteiger partial charge in [0.1, 0.15) is 23.8 Å². The number of carbonyl (C=O) groups is 2. The van der Waals surface area contributed by atoms with Gasteiger partial charge in [-0.05, 0) is 48.4 Å². The summed E-state index contributed by atoms with van der Waals surface area (Å²) in [6.45, 7) is 1.38. The standard InChI is InChI=1S/C25H17F4N2O2S/c1-14-9-10-17(12-19(14)26)31-23(32)22-21(18-7-2-3-8-20(18)34-22)30(24(31)33)13-15-5-4-6-16(11-15)25(27,28)29/h2-12,22H,13H2,1H3/q+1.